The van der Waals surface area contributed by atoms with Crippen LogP contribution >= 0.6 is 11.6 Å². The van der Waals surface area contributed by atoms with Gasteiger partial charge >= 0.3 is 0 Å². The smallest absolute Gasteiger partial charge is 0.254 e. The standard InChI is InChI=1S/C23H21ClN2O2/c24-19-9-4-6-17(14-19)15-20-10-5-11-21(25-20)22-16-26(12-13-28-22)23(27)18-7-2-1-3-8-18/h1-11,14,22H,12-13,15-16H2/t22-/m1/s1. The molecule has 4 rings (SSSR count). The van der Waals surface area contributed by atoms with E-state index in [-0.39, 0.29) is 12.0 Å². The van der Waals surface area contributed by atoms with E-state index in [4.69, 9.17) is 21.3 Å². The largest absolute Gasteiger partial charge is 0.368 e. The molecule has 1 aliphatic rings. The molecular weight excluding hydrogens is 372 g/mol. The minimum absolute atomic E-state index is 0.0315. The Labute approximate surface area is 169 Å². The van der Waals surface area contributed by atoms with E-state index in [0.29, 0.717) is 31.7 Å². The summed E-state index contributed by atoms with van der Waals surface area (Å²) in [6.07, 6.45) is 0.481. The van der Waals surface area contributed by atoms with Crippen molar-refractivity contribution in [3.8, 4) is 0 Å². The number of aromatic nitrogens is 1. The second kappa shape index (κ2) is 8.55. The Morgan fingerprint density at radius 3 is 2.71 bits per heavy atom. The molecule has 2 aromatic carbocycles. The molecule has 0 spiro atoms. The zero-order valence-corrected chi connectivity index (χ0v) is 16.2. The predicted molar refractivity (Wildman–Crippen MR) is 110 cm³/mol. The Morgan fingerprint density at radius 1 is 1.07 bits per heavy atom. The van der Waals surface area contributed by atoms with Crippen molar-refractivity contribution in [3.63, 3.8) is 0 Å². The van der Waals surface area contributed by atoms with Gasteiger partial charge in [0.2, 0.25) is 0 Å². The van der Waals surface area contributed by atoms with Gasteiger partial charge in [-0.15, -0.1) is 0 Å². The van der Waals surface area contributed by atoms with Gasteiger partial charge in [-0.1, -0.05) is 48.0 Å². The van der Waals surface area contributed by atoms with Gasteiger partial charge in [0.05, 0.1) is 18.8 Å². The van der Waals surface area contributed by atoms with Crippen LogP contribution in [0.4, 0.5) is 0 Å². The summed E-state index contributed by atoms with van der Waals surface area (Å²) in [7, 11) is 0. The van der Waals surface area contributed by atoms with Gasteiger partial charge in [0.15, 0.2) is 0 Å². The molecule has 1 aromatic heterocycles. The average Bonchev–Trinajstić information content (AvgIpc) is 2.74. The molecule has 1 fully saturated rings. The molecule has 2 heterocycles. The van der Waals surface area contributed by atoms with Crippen LogP contribution in [0.25, 0.3) is 0 Å². The molecule has 5 heteroatoms. The highest BCUT2D eigenvalue weighted by Gasteiger charge is 2.27. The third-order valence-corrected chi connectivity index (χ3v) is 5.04. The van der Waals surface area contributed by atoms with Crippen LogP contribution in [0, 0.1) is 0 Å². The van der Waals surface area contributed by atoms with E-state index in [1.54, 1.807) is 0 Å². The second-order valence-corrected chi connectivity index (χ2v) is 7.27. The Hall–Kier alpha value is -2.69. The number of amides is 1. The lowest BCUT2D eigenvalue weighted by atomic mass is 10.1. The minimum Gasteiger partial charge on any atom is -0.368 e. The molecule has 0 saturated carbocycles. The number of nitrogens with zero attached hydrogens (tertiary/aromatic N) is 2. The van der Waals surface area contributed by atoms with Crippen molar-refractivity contribution in [2.45, 2.75) is 12.5 Å². The molecule has 142 valence electrons. The molecule has 1 saturated heterocycles. The Morgan fingerprint density at radius 2 is 1.89 bits per heavy atom. The summed E-state index contributed by atoms with van der Waals surface area (Å²) >= 11 is 6.08. The molecular formula is C23H21ClN2O2. The number of hydrogen-bond acceptors (Lipinski definition) is 3. The maximum Gasteiger partial charge on any atom is 0.254 e. The lowest BCUT2D eigenvalue weighted by Gasteiger charge is -2.33. The first-order valence-corrected chi connectivity index (χ1v) is 9.73. The molecule has 0 unspecified atom stereocenters. The molecule has 0 radical (unpaired) electrons. The molecule has 1 amide bonds. The molecule has 1 aliphatic heterocycles. The third kappa shape index (κ3) is 4.41. The molecule has 4 nitrogen and oxygen atoms in total. The second-order valence-electron chi connectivity index (χ2n) is 6.84. The average molecular weight is 393 g/mol. The maximum atomic E-state index is 12.8. The summed E-state index contributed by atoms with van der Waals surface area (Å²) in [6, 6.07) is 23.1. The highest BCUT2D eigenvalue weighted by Crippen LogP contribution is 2.23. The van der Waals surface area contributed by atoms with Gasteiger partial charge in [-0.2, -0.15) is 0 Å². The van der Waals surface area contributed by atoms with Crippen molar-refractivity contribution in [3.05, 3.63) is 100 Å². The molecule has 0 aliphatic carbocycles. The van der Waals surface area contributed by atoms with Crippen molar-refractivity contribution in [2.75, 3.05) is 19.7 Å². The molecule has 0 N–H and O–H groups in total. The van der Waals surface area contributed by atoms with Crippen LogP contribution in [0.3, 0.4) is 0 Å². The number of carbonyl (C=O) groups excluding carboxylic acids is 1. The zero-order chi connectivity index (χ0) is 19.3. The SMILES string of the molecule is O=C(c1ccccc1)N1CCO[C@@H](c2cccc(Cc3cccc(Cl)c3)n2)C1. The molecule has 28 heavy (non-hydrogen) atoms. The number of pyridine rings is 1. The monoisotopic (exact) mass is 392 g/mol. The molecule has 1 atom stereocenters. The lowest BCUT2D eigenvalue weighted by molar-refractivity contribution is -0.0247. The molecule has 0 bridgehead atoms. The third-order valence-electron chi connectivity index (χ3n) is 4.81. The van der Waals surface area contributed by atoms with Gasteiger partial charge in [-0.3, -0.25) is 9.78 Å². The van der Waals surface area contributed by atoms with E-state index >= 15 is 0 Å². The van der Waals surface area contributed by atoms with E-state index in [0.717, 1.165) is 22.0 Å². The van der Waals surface area contributed by atoms with Crippen LogP contribution in [-0.4, -0.2) is 35.5 Å². The van der Waals surface area contributed by atoms with E-state index in [1.807, 2.05) is 77.7 Å². The normalized spacial score (nSPS) is 16.8. The number of halogens is 1. The Balaban J connectivity index is 1.48. The highest BCUT2D eigenvalue weighted by molar-refractivity contribution is 6.30. The fourth-order valence-corrected chi connectivity index (χ4v) is 3.62. The highest BCUT2D eigenvalue weighted by atomic mass is 35.5. The van der Waals surface area contributed by atoms with Gasteiger partial charge < -0.3 is 9.64 Å². The summed E-state index contributed by atoms with van der Waals surface area (Å²) in [5, 5.41) is 0.722. The van der Waals surface area contributed by atoms with Crippen LogP contribution in [-0.2, 0) is 11.2 Å². The van der Waals surface area contributed by atoms with Gasteiger partial charge in [0, 0.05) is 29.2 Å². The van der Waals surface area contributed by atoms with Crippen LogP contribution in [0.1, 0.15) is 33.4 Å². The number of ether oxygens (including phenoxy) is 1. The zero-order valence-electron chi connectivity index (χ0n) is 15.4. The van der Waals surface area contributed by atoms with E-state index < -0.39 is 0 Å². The van der Waals surface area contributed by atoms with E-state index in [1.165, 1.54) is 0 Å². The van der Waals surface area contributed by atoms with E-state index in [2.05, 4.69) is 0 Å². The number of carbonyl (C=O) groups is 1. The first kappa shape index (κ1) is 18.7. The predicted octanol–water partition coefficient (Wildman–Crippen LogP) is 4.54. The number of rotatable bonds is 4. The van der Waals surface area contributed by atoms with Crippen LogP contribution in [0.5, 0.6) is 0 Å². The van der Waals surface area contributed by atoms with Crippen molar-refractivity contribution < 1.29 is 9.53 Å². The minimum atomic E-state index is -0.222. The van der Waals surface area contributed by atoms with Gasteiger partial charge in [0.25, 0.3) is 5.91 Å². The quantitative estimate of drug-likeness (QED) is 0.654. The van der Waals surface area contributed by atoms with Crippen molar-refractivity contribution in [1.82, 2.24) is 9.88 Å². The topological polar surface area (TPSA) is 42.4 Å². The van der Waals surface area contributed by atoms with Crippen LogP contribution in [0.2, 0.25) is 5.02 Å². The van der Waals surface area contributed by atoms with Gasteiger partial charge in [-0.25, -0.2) is 0 Å². The first-order valence-electron chi connectivity index (χ1n) is 9.35. The summed E-state index contributed by atoms with van der Waals surface area (Å²) in [5.41, 5.74) is 3.62. The fourth-order valence-electron chi connectivity index (χ4n) is 3.41. The van der Waals surface area contributed by atoms with E-state index in [9.17, 15) is 4.79 Å². The fraction of sp³-hybridized carbons (Fsp3) is 0.217. The maximum absolute atomic E-state index is 12.8. The summed E-state index contributed by atoms with van der Waals surface area (Å²) < 4.78 is 5.93. The molecule has 3 aromatic rings. The Bertz CT molecular complexity index is 962. The van der Waals surface area contributed by atoms with Gasteiger partial charge in [0.1, 0.15) is 6.10 Å². The first-order chi connectivity index (χ1) is 13.7. The van der Waals surface area contributed by atoms with Crippen molar-refractivity contribution in [1.29, 1.82) is 0 Å². The number of benzene rings is 2. The summed E-state index contributed by atoms with van der Waals surface area (Å²) in [4.78, 5) is 19.4. The van der Waals surface area contributed by atoms with Gasteiger partial charge in [-0.05, 0) is 42.0 Å². The Kier molecular flexibility index (Phi) is 5.70. The lowest BCUT2D eigenvalue weighted by Crippen LogP contribution is -2.42. The van der Waals surface area contributed by atoms with Crippen LogP contribution in [0.15, 0.2) is 72.8 Å². The van der Waals surface area contributed by atoms with Crippen LogP contribution < -0.4 is 0 Å². The number of hydrogen-bond donors (Lipinski definition) is 0. The van der Waals surface area contributed by atoms with Crippen molar-refractivity contribution >= 4 is 17.5 Å². The summed E-state index contributed by atoms with van der Waals surface area (Å²) in [6.45, 7) is 1.59. The number of morpholine rings is 1. The van der Waals surface area contributed by atoms with Crippen molar-refractivity contribution in [2.24, 2.45) is 0 Å². The summed E-state index contributed by atoms with van der Waals surface area (Å²) in [5.74, 6) is 0.0315.